The number of nitrogens with one attached hydrogen (secondary N) is 1. The third kappa shape index (κ3) is 4.61. The average molecular weight is 418 g/mol. The summed E-state index contributed by atoms with van der Waals surface area (Å²) in [4.78, 5) is 29.3. The lowest BCUT2D eigenvalue weighted by Gasteiger charge is -2.17. The molecule has 3 rings (SSSR count). The van der Waals surface area contributed by atoms with Gasteiger partial charge in [0, 0.05) is 11.7 Å². The first-order valence-corrected chi connectivity index (χ1v) is 9.29. The molecule has 0 unspecified atom stereocenters. The number of hydrogen-bond acceptors (Lipinski definition) is 4. The molecule has 0 spiro atoms. The SMILES string of the molecule is Cc1ccc(Cn2c(Nc3cccc(C(F)(F)F)c3)nc(=O)n(C(C)C)c2=O)cc1. The molecule has 2 aromatic carbocycles. The maximum Gasteiger partial charge on any atom is 0.416 e. The predicted octanol–water partition coefficient (Wildman–Crippen LogP) is 4.11. The van der Waals surface area contributed by atoms with Crippen LogP contribution >= 0.6 is 0 Å². The fraction of sp³-hybridized carbons (Fsp3) is 0.286. The van der Waals surface area contributed by atoms with Gasteiger partial charge in [-0.3, -0.25) is 4.57 Å². The highest BCUT2D eigenvalue weighted by molar-refractivity contribution is 5.55. The Kier molecular flexibility index (Phi) is 5.82. The van der Waals surface area contributed by atoms with Crippen LogP contribution in [0.25, 0.3) is 0 Å². The van der Waals surface area contributed by atoms with Crippen LogP contribution < -0.4 is 16.7 Å². The second-order valence-corrected chi connectivity index (χ2v) is 7.24. The molecule has 1 N–H and O–H groups in total. The molecule has 0 saturated heterocycles. The number of alkyl halides is 3. The monoisotopic (exact) mass is 418 g/mol. The van der Waals surface area contributed by atoms with E-state index in [1.54, 1.807) is 13.8 Å². The molecule has 0 radical (unpaired) electrons. The third-order valence-corrected chi connectivity index (χ3v) is 4.52. The molecule has 0 aliphatic rings. The van der Waals surface area contributed by atoms with Crippen LogP contribution in [0.5, 0.6) is 0 Å². The summed E-state index contributed by atoms with van der Waals surface area (Å²) < 4.78 is 41.3. The summed E-state index contributed by atoms with van der Waals surface area (Å²) >= 11 is 0. The van der Waals surface area contributed by atoms with Gasteiger partial charge in [-0.2, -0.15) is 18.2 Å². The van der Waals surface area contributed by atoms with E-state index < -0.39 is 29.2 Å². The van der Waals surface area contributed by atoms with Crippen LogP contribution in [0.1, 0.15) is 36.6 Å². The molecule has 0 saturated carbocycles. The lowest BCUT2D eigenvalue weighted by molar-refractivity contribution is -0.137. The highest BCUT2D eigenvalue weighted by atomic mass is 19.4. The van der Waals surface area contributed by atoms with E-state index in [1.165, 1.54) is 16.7 Å². The van der Waals surface area contributed by atoms with Gasteiger partial charge < -0.3 is 5.32 Å². The largest absolute Gasteiger partial charge is 0.416 e. The van der Waals surface area contributed by atoms with Crippen molar-refractivity contribution in [3.63, 3.8) is 0 Å². The zero-order chi connectivity index (χ0) is 22.1. The van der Waals surface area contributed by atoms with Crippen molar-refractivity contribution >= 4 is 11.6 Å². The molecule has 0 atom stereocenters. The van der Waals surface area contributed by atoms with Crippen molar-refractivity contribution in [1.82, 2.24) is 14.1 Å². The van der Waals surface area contributed by atoms with Crippen molar-refractivity contribution < 1.29 is 13.2 Å². The topological polar surface area (TPSA) is 68.9 Å². The number of hydrogen-bond donors (Lipinski definition) is 1. The number of nitrogens with zero attached hydrogens (tertiary/aromatic N) is 3. The Balaban J connectivity index is 2.10. The molecular weight excluding hydrogens is 397 g/mol. The molecule has 30 heavy (non-hydrogen) atoms. The first-order chi connectivity index (χ1) is 14.1. The smallest absolute Gasteiger partial charge is 0.325 e. The molecule has 0 aliphatic carbocycles. The minimum Gasteiger partial charge on any atom is -0.325 e. The second kappa shape index (κ2) is 8.17. The summed E-state index contributed by atoms with van der Waals surface area (Å²) in [5.74, 6) is -0.123. The van der Waals surface area contributed by atoms with E-state index in [0.717, 1.165) is 27.8 Å². The van der Waals surface area contributed by atoms with Gasteiger partial charge in [-0.05, 0) is 44.5 Å². The fourth-order valence-corrected chi connectivity index (χ4v) is 2.97. The summed E-state index contributed by atoms with van der Waals surface area (Å²) in [6.45, 7) is 5.39. The minimum absolute atomic E-state index is 0.0658. The number of aromatic nitrogens is 3. The van der Waals surface area contributed by atoms with E-state index in [1.807, 2.05) is 31.2 Å². The predicted molar refractivity (Wildman–Crippen MR) is 108 cm³/mol. The highest BCUT2D eigenvalue weighted by Gasteiger charge is 2.30. The van der Waals surface area contributed by atoms with Crippen molar-refractivity contribution in [2.75, 3.05) is 5.32 Å². The molecule has 0 fully saturated rings. The Labute approximate surface area is 170 Å². The number of rotatable bonds is 5. The Bertz CT molecular complexity index is 1160. The van der Waals surface area contributed by atoms with Crippen LogP contribution in [0.15, 0.2) is 58.1 Å². The van der Waals surface area contributed by atoms with Crippen molar-refractivity contribution in [2.45, 2.75) is 39.5 Å². The molecule has 1 aromatic heterocycles. The van der Waals surface area contributed by atoms with Crippen molar-refractivity contribution in [3.8, 4) is 0 Å². The minimum atomic E-state index is -4.52. The van der Waals surface area contributed by atoms with E-state index in [0.29, 0.717) is 0 Å². The molecule has 1 heterocycles. The van der Waals surface area contributed by atoms with Gasteiger partial charge in [0.25, 0.3) is 0 Å². The Morgan fingerprint density at radius 3 is 2.33 bits per heavy atom. The van der Waals surface area contributed by atoms with E-state index in [4.69, 9.17) is 0 Å². The fourth-order valence-electron chi connectivity index (χ4n) is 2.97. The van der Waals surface area contributed by atoms with E-state index in [-0.39, 0.29) is 18.2 Å². The van der Waals surface area contributed by atoms with Crippen molar-refractivity contribution in [2.24, 2.45) is 0 Å². The first kappa shape index (κ1) is 21.4. The summed E-state index contributed by atoms with van der Waals surface area (Å²) in [5, 5.41) is 2.70. The van der Waals surface area contributed by atoms with E-state index in [2.05, 4.69) is 10.3 Å². The quantitative estimate of drug-likeness (QED) is 0.677. The van der Waals surface area contributed by atoms with Crippen molar-refractivity contribution in [1.29, 1.82) is 0 Å². The number of halogens is 3. The van der Waals surface area contributed by atoms with Gasteiger partial charge >= 0.3 is 17.6 Å². The zero-order valence-electron chi connectivity index (χ0n) is 16.7. The molecule has 3 aromatic rings. The normalized spacial score (nSPS) is 11.7. The van der Waals surface area contributed by atoms with Gasteiger partial charge in [0.2, 0.25) is 5.95 Å². The lowest BCUT2D eigenvalue weighted by atomic mass is 10.1. The first-order valence-electron chi connectivity index (χ1n) is 9.29. The molecule has 0 bridgehead atoms. The van der Waals surface area contributed by atoms with Crippen LogP contribution in [0.4, 0.5) is 24.8 Å². The van der Waals surface area contributed by atoms with E-state index in [9.17, 15) is 22.8 Å². The summed E-state index contributed by atoms with van der Waals surface area (Å²) in [6.07, 6.45) is -4.52. The van der Waals surface area contributed by atoms with Crippen molar-refractivity contribution in [3.05, 3.63) is 86.2 Å². The lowest BCUT2D eigenvalue weighted by Crippen LogP contribution is -2.43. The van der Waals surface area contributed by atoms with Gasteiger partial charge in [-0.25, -0.2) is 14.2 Å². The zero-order valence-corrected chi connectivity index (χ0v) is 16.7. The van der Waals surface area contributed by atoms with Crippen LogP contribution in [-0.4, -0.2) is 14.1 Å². The molecule has 158 valence electrons. The van der Waals surface area contributed by atoms with Crippen LogP contribution in [0, 0.1) is 6.92 Å². The number of benzene rings is 2. The van der Waals surface area contributed by atoms with Gasteiger partial charge in [-0.15, -0.1) is 0 Å². The molecule has 0 aliphatic heterocycles. The van der Waals surface area contributed by atoms with Crippen LogP contribution in [0.2, 0.25) is 0 Å². The maximum absolute atomic E-state index is 13.0. The number of anilines is 2. The molecule has 6 nitrogen and oxygen atoms in total. The second-order valence-electron chi connectivity index (χ2n) is 7.24. The Morgan fingerprint density at radius 1 is 1.07 bits per heavy atom. The third-order valence-electron chi connectivity index (χ3n) is 4.52. The van der Waals surface area contributed by atoms with E-state index >= 15 is 0 Å². The summed E-state index contributed by atoms with van der Waals surface area (Å²) in [6, 6.07) is 11.5. The standard InChI is InChI=1S/C21H21F3N4O2/c1-13(2)28-19(29)26-18(25-17-6-4-5-16(11-17)21(22,23)24)27(20(28)30)12-15-9-7-14(3)8-10-15/h4-11,13H,12H2,1-3H3,(H,25,26,29). The van der Waals surface area contributed by atoms with Gasteiger partial charge in [-0.1, -0.05) is 35.9 Å². The molecular formula is C21H21F3N4O2. The van der Waals surface area contributed by atoms with Gasteiger partial charge in [0.15, 0.2) is 0 Å². The maximum atomic E-state index is 13.0. The summed E-state index contributed by atoms with van der Waals surface area (Å²) in [5.41, 5.74) is -0.333. The Hall–Kier alpha value is -3.36. The number of aryl methyl sites for hydroxylation is 1. The molecule has 9 heteroatoms. The highest BCUT2D eigenvalue weighted by Crippen LogP contribution is 2.31. The van der Waals surface area contributed by atoms with Gasteiger partial charge in [0.05, 0.1) is 12.1 Å². The van der Waals surface area contributed by atoms with Crippen LogP contribution in [-0.2, 0) is 12.7 Å². The summed E-state index contributed by atoms with van der Waals surface area (Å²) in [7, 11) is 0. The Morgan fingerprint density at radius 2 is 1.73 bits per heavy atom. The average Bonchev–Trinajstić information content (AvgIpc) is 2.65. The van der Waals surface area contributed by atoms with Gasteiger partial charge in [0.1, 0.15) is 0 Å². The van der Waals surface area contributed by atoms with Crippen LogP contribution in [0.3, 0.4) is 0 Å². The molecule has 0 amide bonds.